The minimum Gasteiger partial charge on any atom is -0.465 e. The molecule has 1 rings (SSSR count). The largest absolute Gasteiger partial charge is 0.465 e. The molecule has 92 valence electrons. The maximum Gasteiger partial charge on any atom is 0.404 e. The summed E-state index contributed by atoms with van der Waals surface area (Å²) in [7, 11) is 3.04. The van der Waals surface area contributed by atoms with Crippen LogP contribution in [0.1, 0.15) is 25.7 Å². The Kier molecular flexibility index (Phi) is 4.54. The number of carboxylic acid groups (broad SMARTS) is 1. The van der Waals surface area contributed by atoms with E-state index in [2.05, 4.69) is 5.32 Å². The summed E-state index contributed by atoms with van der Waals surface area (Å²) < 4.78 is 0. The molecule has 0 saturated heterocycles. The molecule has 0 unspecified atom stereocenters. The van der Waals surface area contributed by atoms with E-state index in [0.29, 0.717) is 25.7 Å². The predicted molar refractivity (Wildman–Crippen MR) is 56.7 cm³/mol. The maximum absolute atomic E-state index is 11.7. The third kappa shape index (κ3) is 3.37. The van der Waals surface area contributed by atoms with Crippen molar-refractivity contribution in [2.45, 2.75) is 31.7 Å². The van der Waals surface area contributed by atoms with Crippen LogP contribution in [0.3, 0.4) is 0 Å². The Labute approximate surface area is 94.5 Å². The van der Waals surface area contributed by atoms with Crippen LogP contribution in [-0.2, 0) is 9.63 Å². The zero-order valence-electron chi connectivity index (χ0n) is 9.60. The van der Waals surface area contributed by atoms with Crippen LogP contribution in [0.25, 0.3) is 0 Å². The lowest BCUT2D eigenvalue weighted by Crippen LogP contribution is -2.40. The standard InChI is InChI=1S/C10H18N2O4/c1-12(16-2)9(13)7-3-5-8(6-4-7)11-10(14)15/h7-8,11H,3-6H2,1-2H3,(H,14,15)/t7-,8-. The van der Waals surface area contributed by atoms with Crippen molar-refractivity contribution < 1.29 is 19.5 Å². The van der Waals surface area contributed by atoms with Gasteiger partial charge in [0, 0.05) is 19.0 Å². The van der Waals surface area contributed by atoms with Crippen LogP contribution in [0, 0.1) is 5.92 Å². The Balaban J connectivity index is 2.37. The number of hydrogen-bond acceptors (Lipinski definition) is 3. The van der Waals surface area contributed by atoms with Gasteiger partial charge in [-0.1, -0.05) is 0 Å². The van der Waals surface area contributed by atoms with Crippen LogP contribution in [0.15, 0.2) is 0 Å². The smallest absolute Gasteiger partial charge is 0.404 e. The fraction of sp³-hybridized carbons (Fsp3) is 0.800. The van der Waals surface area contributed by atoms with Crippen molar-refractivity contribution in [1.82, 2.24) is 10.4 Å². The third-order valence-corrected chi connectivity index (χ3v) is 2.99. The summed E-state index contributed by atoms with van der Waals surface area (Å²) >= 11 is 0. The average Bonchev–Trinajstić information content (AvgIpc) is 2.27. The second kappa shape index (κ2) is 5.69. The molecule has 16 heavy (non-hydrogen) atoms. The quantitative estimate of drug-likeness (QED) is 0.704. The number of nitrogens with one attached hydrogen (secondary N) is 1. The summed E-state index contributed by atoms with van der Waals surface area (Å²) in [4.78, 5) is 27.0. The van der Waals surface area contributed by atoms with Gasteiger partial charge in [-0.05, 0) is 25.7 Å². The molecule has 1 saturated carbocycles. The van der Waals surface area contributed by atoms with Crippen LogP contribution in [0.4, 0.5) is 4.79 Å². The van der Waals surface area contributed by atoms with Gasteiger partial charge in [-0.15, -0.1) is 0 Å². The van der Waals surface area contributed by atoms with Crippen molar-refractivity contribution in [1.29, 1.82) is 0 Å². The van der Waals surface area contributed by atoms with E-state index in [9.17, 15) is 9.59 Å². The van der Waals surface area contributed by atoms with E-state index in [1.54, 1.807) is 7.05 Å². The average molecular weight is 230 g/mol. The summed E-state index contributed by atoms with van der Waals surface area (Å²) in [5.41, 5.74) is 0. The van der Waals surface area contributed by atoms with Gasteiger partial charge < -0.3 is 10.4 Å². The van der Waals surface area contributed by atoms with Gasteiger partial charge in [0.1, 0.15) is 0 Å². The molecule has 0 aromatic heterocycles. The summed E-state index contributed by atoms with van der Waals surface area (Å²) in [6, 6.07) is -0.0191. The van der Waals surface area contributed by atoms with Gasteiger partial charge in [-0.25, -0.2) is 9.86 Å². The SMILES string of the molecule is CON(C)C(=O)[C@H]1CC[C@H](NC(=O)O)CC1. The minimum absolute atomic E-state index is 0.0191. The first-order valence-corrected chi connectivity index (χ1v) is 5.35. The highest BCUT2D eigenvalue weighted by atomic mass is 16.7. The lowest BCUT2D eigenvalue weighted by molar-refractivity contribution is -0.174. The van der Waals surface area contributed by atoms with Crippen molar-refractivity contribution in [3.05, 3.63) is 0 Å². The second-order valence-corrected chi connectivity index (χ2v) is 4.02. The van der Waals surface area contributed by atoms with Crippen LogP contribution < -0.4 is 5.32 Å². The van der Waals surface area contributed by atoms with Crippen molar-refractivity contribution in [2.24, 2.45) is 5.92 Å². The van der Waals surface area contributed by atoms with Crippen LogP contribution in [0.5, 0.6) is 0 Å². The first-order chi connectivity index (χ1) is 7.54. The Bertz CT molecular complexity index is 262. The van der Waals surface area contributed by atoms with Gasteiger partial charge in [-0.2, -0.15) is 0 Å². The van der Waals surface area contributed by atoms with E-state index in [1.807, 2.05) is 0 Å². The second-order valence-electron chi connectivity index (χ2n) is 4.02. The Hall–Kier alpha value is -1.30. The zero-order valence-corrected chi connectivity index (χ0v) is 9.60. The summed E-state index contributed by atoms with van der Waals surface area (Å²) in [6.07, 6.45) is 1.83. The molecule has 0 radical (unpaired) electrons. The molecule has 1 aliphatic rings. The number of amides is 2. The molecule has 2 N–H and O–H groups in total. The van der Waals surface area contributed by atoms with Crippen LogP contribution in [0.2, 0.25) is 0 Å². The van der Waals surface area contributed by atoms with Gasteiger partial charge in [0.2, 0.25) is 5.91 Å². The van der Waals surface area contributed by atoms with Gasteiger partial charge in [0.05, 0.1) is 7.11 Å². The van der Waals surface area contributed by atoms with Crippen molar-refractivity contribution in [3.8, 4) is 0 Å². The molecular weight excluding hydrogens is 212 g/mol. The highest BCUT2D eigenvalue weighted by Crippen LogP contribution is 2.25. The van der Waals surface area contributed by atoms with Crippen LogP contribution >= 0.6 is 0 Å². The van der Waals surface area contributed by atoms with E-state index in [0.717, 1.165) is 0 Å². The first-order valence-electron chi connectivity index (χ1n) is 5.35. The molecule has 1 fully saturated rings. The molecule has 0 atom stereocenters. The van der Waals surface area contributed by atoms with Crippen molar-refractivity contribution in [2.75, 3.05) is 14.2 Å². The summed E-state index contributed by atoms with van der Waals surface area (Å²) in [5.74, 6) is -0.0759. The molecule has 2 amide bonds. The molecule has 0 bridgehead atoms. The number of hydrogen-bond donors (Lipinski definition) is 2. The molecule has 6 heteroatoms. The number of hydroxylamine groups is 2. The minimum atomic E-state index is -0.996. The van der Waals surface area contributed by atoms with Crippen molar-refractivity contribution in [3.63, 3.8) is 0 Å². The Morgan fingerprint density at radius 3 is 2.31 bits per heavy atom. The fourth-order valence-electron chi connectivity index (χ4n) is 2.01. The van der Waals surface area contributed by atoms with Gasteiger partial charge >= 0.3 is 6.09 Å². The van der Waals surface area contributed by atoms with Gasteiger partial charge in [-0.3, -0.25) is 9.63 Å². The Morgan fingerprint density at radius 2 is 1.88 bits per heavy atom. The van der Waals surface area contributed by atoms with E-state index in [-0.39, 0.29) is 17.9 Å². The van der Waals surface area contributed by atoms with Gasteiger partial charge in [0.25, 0.3) is 0 Å². The van der Waals surface area contributed by atoms with Crippen LogP contribution in [-0.4, -0.2) is 42.4 Å². The molecular formula is C10H18N2O4. The maximum atomic E-state index is 11.7. The topological polar surface area (TPSA) is 78.9 Å². The third-order valence-electron chi connectivity index (χ3n) is 2.99. The van der Waals surface area contributed by atoms with E-state index in [4.69, 9.17) is 9.94 Å². The molecule has 0 aromatic rings. The summed E-state index contributed by atoms with van der Waals surface area (Å²) in [6.45, 7) is 0. The highest BCUT2D eigenvalue weighted by molar-refractivity contribution is 5.77. The fourth-order valence-corrected chi connectivity index (χ4v) is 2.01. The normalized spacial score (nSPS) is 24.9. The molecule has 0 heterocycles. The molecule has 0 spiro atoms. The lowest BCUT2D eigenvalue weighted by Gasteiger charge is -2.29. The number of carbonyl (C=O) groups excluding carboxylic acids is 1. The monoisotopic (exact) mass is 230 g/mol. The lowest BCUT2D eigenvalue weighted by atomic mass is 9.85. The predicted octanol–water partition coefficient (Wildman–Crippen LogP) is 0.833. The number of rotatable bonds is 3. The molecule has 6 nitrogen and oxygen atoms in total. The van der Waals surface area contributed by atoms with E-state index < -0.39 is 6.09 Å². The molecule has 0 aromatic carbocycles. The first kappa shape index (κ1) is 12.8. The molecule has 1 aliphatic carbocycles. The zero-order chi connectivity index (χ0) is 12.1. The Morgan fingerprint density at radius 1 is 1.31 bits per heavy atom. The van der Waals surface area contributed by atoms with Gasteiger partial charge in [0.15, 0.2) is 0 Å². The number of nitrogens with zero attached hydrogens (tertiary/aromatic N) is 1. The van der Waals surface area contributed by atoms with Crippen molar-refractivity contribution >= 4 is 12.0 Å². The molecule has 0 aliphatic heterocycles. The number of carbonyl (C=O) groups is 2. The van der Waals surface area contributed by atoms with E-state index >= 15 is 0 Å². The summed E-state index contributed by atoms with van der Waals surface area (Å²) in [5, 5.41) is 12.2. The van der Waals surface area contributed by atoms with E-state index in [1.165, 1.54) is 12.2 Å². The highest BCUT2D eigenvalue weighted by Gasteiger charge is 2.28.